The minimum Gasteiger partial charge on any atom is -0.309 e. The number of aromatic nitrogens is 1. The molecule has 2 aromatic heterocycles. The van der Waals surface area contributed by atoms with Crippen LogP contribution in [-0.4, -0.2) is 60.7 Å². The first-order chi connectivity index (χ1) is 12.8. The van der Waals surface area contributed by atoms with Crippen molar-refractivity contribution in [2.24, 2.45) is 0 Å². The topological polar surface area (TPSA) is 82.6 Å². The van der Waals surface area contributed by atoms with Crippen LogP contribution in [0.1, 0.15) is 6.92 Å². The molecule has 1 atom stereocenters. The maximum Gasteiger partial charge on any atom is 0.252 e. The maximum absolute atomic E-state index is 12.6. The van der Waals surface area contributed by atoms with Crippen LogP contribution in [0.3, 0.4) is 0 Å². The van der Waals surface area contributed by atoms with Gasteiger partial charge in [-0.25, -0.2) is 13.4 Å². The van der Waals surface area contributed by atoms with E-state index in [1.165, 1.54) is 16.6 Å². The standard InChI is InChI=1S/C16H18Cl2N4O3S2/c1-11(16(23)20-14-4-2-12(17)10-19-14)21-6-8-22(9-7-21)27(24,25)15-5-3-13(18)26-15/h2-5,10-11H,6-9H2,1H3,(H,19,20,23)/t11-/m1/s1. The number of hydrogen-bond donors (Lipinski definition) is 1. The number of hydrogen-bond acceptors (Lipinski definition) is 6. The Balaban J connectivity index is 1.58. The Morgan fingerprint density at radius 2 is 1.89 bits per heavy atom. The minimum atomic E-state index is -3.55. The van der Waals surface area contributed by atoms with Crippen LogP contribution in [0, 0.1) is 0 Å². The Hall–Kier alpha value is -1.23. The highest BCUT2D eigenvalue weighted by atomic mass is 35.5. The monoisotopic (exact) mass is 448 g/mol. The van der Waals surface area contributed by atoms with Gasteiger partial charge in [0.05, 0.1) is 15.4 Å². The van der Waals surface area contributed by atoms with E-state index in [1.54, 1.807) is 25.1 Å². The van der Waals surface area contributed by atoms with Gasteiger partial charge in [-0.05, 0) is 31.2 Å². The van der Waals surface area contributed by atoms with Gasteiger partial charge < -0.3 is 5.32 Å². The van der Waals surface area contributed by atoms with Crippen LogP contribution in [0.2, 0.25) is 9.36 Å². The summed E-state index contributed by atoms with van der Waals surface area (Å²) in [5.74, 6) is 0.221. The molecule has 11 heteroatoms. The third-order valence-electron chi connectivity index (χ3n) is 4.32. The predicted molar refractivity (Wildman–Crippen MR) is 107 cm³/mol. The summed E-state index contributed by atoms with van der Waals surface area (Å²) in [6.07, 6.45) is 1.46. The molecule has 1 amide bonds. The first-order valence-electron chi connectivity index (χ1n) is 8.19. The quantitative estimate of drug-likeness (QED) is 0.759. The first kappa shape index (κ1) is 20.5. The smallest absolute Gasteiger partial charge is 0.252 e. The number of carbonyl (C=O) groups is 1. The number of piperazine rings is 1. The van der Waals surface area contributed by atoms with Crippen molar-refractivity contribution in [1.82, 2.24) is 14.2 Å². The van der Waals surface area contributed by atoms with Gasteiger partial charge in [-0.3, -0.25) is 9.69 Å². The fraction of sp³-hybridized carbons (Fsp3) is 0.375. The summed E-state index contributed by atoms with van der Waals surface area (Å²) in [5.41, 5.74) is 0. The lowest BCUT2D eigenvalue weighted by Gasteiger charge is -2.36. The van der Waals surface area contributed by atoms with E-state index in [1.807, 2.05) is 4.90 Å². The molecule has 27 heavy (non-hydrogen) atoms. The van der Waals surface area contributed by atoms with E-state index in [0.29, 0.717) is 41.4 Å². The summed E-state index contributed by atoms with van der Waals surface area (Å²) < 4.78 is 27.4. The number of sulfonamides is 1. The van der Waals surface area contributed by atoms with Gasteiger partial charge in [0.25, 0.3) is 10.0 Å². The van der Waals surface area contributed by atoms with Gasteiger partial charge in [0.2, 0.25) is 5.91 Å². The summed E-state index contributed by atoms with van der Waals surface area (Å²) in [6.45, 7) is 3.33. The van der Waals surface area contributed by atoms with Crippen LogP contribution >= 0.6 is 34.5 Å². The normalized spacial score (nSPS) is 17.6. The van der Waals surface area contributed by atoms with Crippen molar-refractivity contribution in [1.29, 1.82) is 0 Å². The van der Waals surface area contributed by atoms with Crippen molar-refractivity contribution in [3.8, 4) is 0 Å². The molecule has 0 radical (unpaired) electrons. The predicted octanol–water partition coefficient (Wildman–Crippen LogP) is 2.78. The third-order valence-corrected chi connectivity index (χ3v) is 8.14. The maximum atomic E-state index is 12.6. The third kappa shape index (κ3) is 4.79. The Bertz CT molecular complexity index is 910. The number of nitrogens with one attached hydrogen (secondary N) is 1. The molecule has 3 heterocycles. The minimum absolute atomic E-state index is 0.203. The molecule has 1 aliphatic rings. The van der Waals surface area contributed by atoms with Gasteiger partial charge in [0.15, 0.2) is 0 Å². The average Bonchev–Trinajstić information content (AvgIpc) is 3.10. The SMILES string of the molecule is C[C@H](C(=O)Nc1ccc(Cl)cn1)N1CCN(S(=O)(=O)c2ccc(Cl)s2)CC1. The van der Waals surface area contributed by atoms with Crippen LogP contribution in [-0.2, 0) is 14.8 Å². The van der Waals surface area contributed by atoms with Crippen molar-refractivity contribution in [2.45, 2.75) is 17.2 Å². The second-order valence-corrected chi connectivity index (χ2v) is 10.3. The van der Waals surface area contributed by atoms with E-state index in [0.717, 1.165) is 11.3 Å². The number of anilines is 1. The number of pyridine rings is 1. The molecule has 0 bridgehead atoms. The average molecular weight is 449 g/mol. The molecule has 0 unspecified atom stereocenters. The molecule has 0 aromatic carbocycles. The van der Waals surface area contributed by atoms with Crippen molar-refractivity contribution in [3.63, 3.8) is 0 Å². The van der Waals surface area contributed by atoms with E-state index < -0.39 is 16.1 Å². The Kier molecular flexibility index (Phi) is 6.39. The highest BCUT2D eigenvalue weighted by Gasteiger charge is 2.32. The van der Waals surface area contributed by atoms with Crippen LogP contribution in [0.25, 0.3) is 0 Å². The lowest BCUT2D eigenvalue weighted by molar-refractivity contribution is -0.121. The van der Waals surface area contributed by atoms with Crippen LogP contribution in [0.5, 0.6) is 0 Å². The van der Waals surface area contributed by atoms with Crippen molar-refractivity contribution in [2.75, 3.05) is 31.5 Å². The van der Waals surface area contributed by atoms with Gasteiger partial charge >= 0.3 is 0 Å². The van der Waals surface area contributed by atoms with Crippen LogP contribution in [0.4, 0.5) is 5.82 Å². The first-order valence-corrected chi connectivity index (χ1v) is 11.2. The number of rotatable bonds is 5. The lowest BCUT2D eigenvalue weighted by atomic mass is 10.2. The van der Waals surface area contributed by atoms with Crippen LogP contribution in [0.15, 0.2) is 34.7 Å². The number of halogens is 2. The van der Waals surface area contributed by atoms with Gasteiger partial charge in [0.1, 0.15) is 10.0 Å². The molecular weight excluding hydrogens is 431 g/mol. The highest BCUT2D eigenvalue weighted by molar-refractivity contribution is 7.91. The Morgan fingerprint density at radius 3 is 2.44 bits per heavy atom. The lowest BCUT2D eigenvalue weighted by Crippen LogP contribution is -2.53. The van der Waals surface area contributed by atoms with Crippen molar-refractivity contribution in [3.05, 3.63) is 39.8 Å². The van der Waals surface area contributed by atoms with E-state index in [9.17, 15) is 13.2 Å². The zero-order chi connectivity index (χ0) is 19.6. The van der Waals surface area contributed by atoms with Crippen LogP contribution < -0.4 is 5.32 Å². The largest absolute Gasteiger partial charge is 0.309 e. The summed E-state index contributed by atoms with van der Waals surface area (Å²) in [4.78, 5) is 18.4. The molecule has 1 N–H and O–H groups in total. The summed E-state index contributed by atoms with van der Waals surface area (Å²) in [6, 6.07) is 5.96. The fourth-order valence-electron chi connectivity index (χ4n) is 2.74. The molecular formula is C16H18Cl2N4O3S2. The number of thiophene rings is 1. The van der Waals surface area contributed by atoms with E-state index in [2.05, 4.69) is 10.3 Å². The van der Waals surface area contributed by atoms with E-state index >= 15 is 0 Å². The molecule has 2 aromatic rings. The number of amides is 1. The zero-order valence-corrected chi connectivity index (χ0v) is 17.6. The van der Waals surface area contributed by atoms with Crippen molar-refractivity contribution >= 4 is 56.3 Å². The molecule has 0 aliphatic carbocycles. The zero-order valence-electron chi connectivity index (χ0n) is 14.4. The van der Waals surface area contributed by atoms with Gasteiger partial charge in [-0.15, -0.1) is 11.3 Å². The molecule has 0 saturated carbocycles. The molecule has 1 saturated heterocycles. The van der Waals surface area contributed by atoms with E-state index in [4.69, 9.17) is 23.2 Å². The fourth-order valence-corrected chi connectivity index (χ4v) is 5.91. The summed E-state index contributed by atoms with van der Waals surface area (Å²) in [7, 11) is -3.55. The van der Waals surface area contributed by atoms with E-state index in [-0.39, 0.29) is 10.1 Å². The number of carbonyl (C=O) groups excluding carboxylic acids is 1. The highest BCUT2D eigenvalue weighted by Crippen LogP contribution is 2.28. The molecule has 0 spiro atoms. The Morgan fingerprint density at radius 1 is 1.19 bits per heavy atom. The van der Waals surface area contributed by atoms with Gasteiger partial charge in [0, 0.05) is 32.4 Å². The van der Waals surface area contributed by atoms with Gasteiger partial charge in [-0.1, -0.05) is 23.2 Å². The number of nitrogens with zero attached hydrogens (tertiary/aromatic N) is 3. The van der Waals surface area contributed by atoms with Gasteiger partial charge in [-0.2, -0.15) is 4.31 Å². The molecule has 1 fully saturated rings. The van der Waals surface area contributed by atoms with Crippen molar-refractivity contribution < 1.29 is 13.2 Å². The summed E-state index contributed by atoms with van der Waals surface area (Å²) in [5, 5.41) is 3.23. The second-order valence-electron chi connectivity index (χ2n) is 6.03. The molecule has 1 aliphatic heterocycles. The molecule has 3 rings (SSSR count). The summed E-state index contributed by atoms with van der Waals surface area (Å²) >= 11 is 12.7. The Labute approximate surface area is 171 Å². The second kappa shape index (κ2) is 8.42. The molecule has 7 nitrogen and oxygen atoms in total. The molecule has 146 valence electrons.